The molecule has 1 heterocycles. The van der Waals surface area contributed by atoms with Gasteiger partial charge in [-0.15, -0.1) is 0 Å². The maximum Gasteiger partial charge on any atom is 0.313 e. The van der Waals surface area contributed by atoms with Gasteiger partial charge in [0.05, 0.1) is 39.4 Å². The van der Waals surface area contributed by atoms with E-state index < -0.39 is 29.7 Å². The highest BCUT2D eigenvalue weighted by molar-refractivity contribution is 6.29. The summed E-state index contributed by atoms with van der Waals surface area (Å²) in [4.78, 5) is 64.0. The average molecular weight is 509 g/mol. The smallest absolute Gasteiger partial charge is 0.313 e. The summed E-state index contributed by atoms with van der Waals surface area (Å²) >= 11 is 0. The number of carbonyl (C=O) groups excluding carboxylic acids is 5. The Balaban J connectivity index is 1.73. The van der Waals surface area contributed by atoms with E-state index in [1.54, 1.807) is 37.3 Å². The number of methoxy groups -OCH3 is 2. The van der Waals surface area contributed by atoms with E-state index >= 15 is 0 Å². The summed E-state index contributed by atoms with van der Waals surface area (Å²) in [6.07, 6.45) is -0.375. The molecule has 0 aromatic heterocycles. The van der Waals surface area contributed by atoms with Crippen molar-refractivity contribution in [3.8, 4) is 5.75 Å². The third-order valence-electron chi connectivity index (χ3n) is 6.60. The zero-order chi connectivity index (χ0) is 26.7. The van der Waals surface area contributed by atoms with Crippen LogP contribution in [0.15, 0.2) is 30.3 Å². The van der Waals surface area contributed by atoms with Crippen LogP contribution in [0, 0.1) is 0 Å². The SMILES string of the molecule is COC(=O)CC(=O)Cc1c(CCC(=O)CC2(C)OCCO2)cc2c(c1OC)C(=O)c1ccccc1C2=O. The van der Waals surface area contributed by atoms with Gasteiger partial charge in [-0.2, -0.15) is 0 Å². The normalized spacial score (nSPS) is 15.6. The summed E-state index contributed by atoms with van der Waals surface area (Å²) in [6.45, 7) is 2.53. The second-order valence-electron chi connectivity index (χ2n) is 9.19. The summed E-state index contributed by atoms with van der Waals surface area (Å²) in [5, 5.41) is 0. The van der Waals surface area contributed by atoms with Crippen molar-refractivity contribution >= 4 is 29.1 Å². The minimum absolute atomic E-state index is 0.0521. The fourth-order valence-electron chi connectivity index (χ4n) is 4.83. The molecule has 194 valence electrons. The van der Waals surface area contributed by atoms with Gasteiger partial charge in [-0.3, -0.25) is 24.0 Å². The third kappa shape index (κ3) is 5.38. The monoisotopic (exact) mass is 508 g/mol. The molecule has 1 saturated heterocycles. The molecule has 37 heavy (non-hydrogen) atoms. The van der Waals surface area contributed by atoms with Gasteiger partial charge in [0.15, 0.2) is 17.4 Å². The molecule has 0 amide bonds. The number of ether oxygens (including phenoxy) is 4. The fourth-order valence-corrected chi connectivity index (χ4v) is 4.83. The number of hydrogen-bond acceptors (Lipinski definition) is 9. The molecule has 2 aliphatic rings. The van der Waals surface area contributed by atoms with Gasteiger partial charge in [0.25, 0.3) is 0 Å². The Labute approximate surface area is 214 Å². The second-order valence-corrected chi connectivity index (χ2v) is 9.19. The third-order valence-corrected chi connectivity index (χ3v) is 6.60. The molecule has 4 rings (SSSR count). The first kappa shape index (κ1) is 26.4. The van der Waals surface area contributed by atoms with Gasteiger partial charge in [0, 0.05) is 35.1 Å². The quantitative estimate of drug-likeness (QED) is 0.300. The van der Waals surface area contributed by atoms with Crippen molar-refractivity contribution < 1.29 is 42.9 Å². The van der Waals surface area contributed by atoms with Crippen LogP contribution in [-0.2, 0) is 41.4 Å². The lowest BCUT2D eigenvalue weighted by molar-refractivity contribution is -0.158. The first-order valence-corrected chi connectivity index (χ1v) is 12.0. The molecule has 9 heteroatoms. The van der Waals surface area contributed by atoms with Crippen molar-refractivity contribution in [1.29, 1.82) is 0 Å². The van der Waals surface area contributed by atoms with Crippen LogP contribution in [0.4, 0.5) is 0 Å². The lowest BCUT2D eigenvalue weighted by atomic mass is 9.80. The van der Waals surface area contributed by atoms with Crippen molar-refractivity contribution in [3.05, 3.63) is 63.7 Å². The number of rotatable bonds is 10. The molecule has 0 radical (unpaired) electrons. The molecule has 1 aliphatic heterocycles. The summed E-state index contributed by atoms with van der Waals surface area (Å²) in [5.41, 5.74) is 1.63. The topological polar surface area (TPSA) is 122 Å². The van der Waals surface area contributed by atoms with Crippen LogP contribution >= 0.6 is 0 Å². The minimum atomic E-state index is -0.976. The van der Waals surface area contributed by atoms with Crippen molar-refractivity contribution in [3.63, 3.8) is 0 Å². The molecule has 0 atom stereocenters. The molecule has 0 unspecified atom stereocenters. The summed E-state index contributed by atoms with van der Waals surface area (Å²) in [6, 6.07) is 8.07. The Hall–Kier alpha value is -3.69. The van der Waals surface area contributed by atoms with Crippen LogP contribution in [0.1, 0.15) is 69.2 Å². The zero-order valence-corrected chi connectivity index (χ0v) is 21.0. The van der Waals surface area contributed by atoms with Gasteiger partial charge in [-0.05, 0) is 25.0 Å². The number of hydrogen-bond donors (Lipinski definition) is 0. The van der Waals surface area contributed by atoms with Crippen molar-refractivity contribution in [2.45, 2.75) is 44.8 Å². The van der Waals surface area contributed by atoms with E-state index in [2.05, 4.69) is 4.74 Å². The van der Waals surface area contributed by atoms with E-state index in [0.29, 0.717) is 24.3 Å². The number of benzene rings is 2. The number of aryl methyl sites for hydroxylation is 1. The molecule has 2 aromatic rings. The van der Waals surface area contributed by atoms with Gasteiger partial charge in [-0.1, -0.05) is 24.3 Å². The maximum absolute atomic E-state index is 13.4. The van der Waals surface area contributed by atoms with Crippen LogP contribution in [0.2, 0.25) is 0 Å². The van der Waals surface area contributed by atoms with Gasteiger partial charge < -0.3 is 18.9 Å². The largest absolute Gasteiger partial charge is 0.496 e. The molecule has 1 fully saturated rings. The van der Waals surface area contributed by atoms with E-state index in [4.69, 9.17) is 14.2 Å². The zero-order valence-electron chi connectivity index (χ0n) is 21.0. The first-order chi connectivity index (χ1) is 17.7. The van der Waals surface area contributed by atoms with E-state index in [-0.39, 0.29) is 65.3 Å². The van der Waals surface area contributed by atoms with Crippen molar-refractivity contribution in [2.24, 2.45) is 0 Å². The Kier molecular flexibility index (Phi) is 7.65. The number of carbonyl (C=O) groups is 5. The molecule has 2 aromatic carbocycles. The van der Waals surface area contributed by atoms with Gasteiger partial charge in [0.2, 0.25) is 0 Å². The predicted molar refractivity (Wildman–Crippen MR) is 130 cm³/mol. The maximum atomic E-state index is 13.4. The average Bonchev–Trinajstić information content (AvgIpc) is 3.31. The van der Waals surface area contributed by atoms with Gasteiger partial charge in [-0.25, -0.2) is 0 Å². The highest BCUT2D eigenvalue weighted by Crippen LogP contribution is 2.38. The molecule has 0 saturated carbocycles. The van der Waals surface area contributed by atoms with Crippen LogP contribution in [0.5, 0.6) is 5.75 Å². The molecule has 0 N–H and O–H groups in total. The summed E-state index contributed by atoms with van der Waals surface area (Å²) < 4.78 is 21.3. The van der Waals surface area contributed by atoms with Gasteiger partial charge in [0.1, 0.15) is 23.7 Å². The number of fused-ring (bicyclic) bond motifs is 2. The minimum Gasteiger partial charge on any atom is -0.496 e. The highest BCUT2D eigenvalue weighted by Gasteiger charge is 2.36. The van der Waals surface area contributed by atoms with Crippen LogP contribution < -0.4 is 4.74 Å². The second kappa shape index (κ2) is 10.7. The number of esters is 1. The summed E-state index contributed by atoms with van der Waals surface area (Å²) in [7, 11) is 2.54. The molecular formula is C28H28O9. The Bertz CT molecular complexity index is 1280. The first-order valence-electron chi connectivity index (χ1n) is 12.0. The fraction of sp³-hybridized carbons (Fsp3) is 0.393. The Morgan fingerprint density at radius 1 is 0.946 bits per heavy atom. The molecule has 9 nitrogen and oxygen atoms in total. The van der Waals surface area contributed by atoms with Gasteiger partial charge >= 0.3 is 5.97 Å². The number of ketones is 4. The Morgan fingerprint density at radius 3 is 2.22 bits per heavy atom. The number of Topliss-reactive ketones (excluding diaryl/α,β-unsaturated/α-hetero) is 2. The standard InChI is InChI=1S/C28H28O9/c1-28(36-10-11-37-28)15-17(29)9-8-16-12-22-24(26(33)20-7-5-4-6-19(20)25(22)32)27(35-3)21(16)13-18(30)14-23(31)34-2/h4-7,12H,8-11,13-15H2,1-3H3. The van der Waals surface area contributed by atoms with Crippen LogP contribution in [-0.4, -0.2) is 62.3 Å². The van der Waals surface area contributed by atoms with E-state index in [0.717, 1.165) is 0 Å². The lowest BCUT2D eigenvalue weighted by Crippen LogP contribution is -2.29. The molecular weight excluding hydrogens is 480 g/mol. The van der Waals surface area contributed by atoms with E-state index in [9.17, 15) is 24.0 Å². The van der Waals surface area contributed by atoms with Crippen molar-refractivity contribution in [1.82, 2.24) is 0 Å². The molecule has 0 spiro atoms. The Morgan fingerprint density at radius 2 is 1.59 bits per heavy atom. The van der Waals surface area contributed by atoms with Crippen LogP contribution in [0.3, 0.4) is 0 Å². The molecule has 0 bridgehead atoms. The van der Waals surface area contributed by atoms with Crippen LogP contribution in [0.25, 0.3) is 0 Å². The molecule has 1 aliphatic carbocycles. The predicted octanol–water partition coefficient (Wildman–Crippen LogP) is 2.80. The van der Waals surface area contributed by atoms with E-state index in [1.165, 1.54) is 14.2 Å². The lowest BCUT2D eigenvalue weighted by Gasteiger charge is -2.24. The van der Waals surface area contributed by atoms with E-state index in [1.807, 2.05) is 0 Å². The highest BCUT2D eigenvalue weighted by atomic mass is 16.7. The van der Waals surface area contributed by atoms with Crippen molar-refractivity contribution in [2.75, 3.05) is 27.4 Å². The summed E-state index contributed by atoms with van der Waals surface area (Å²) in [5.74, 6) is -2.88.